The van der Waals surface area contributed by atoms with Gasteiger partial charge >= 0.3 is 0 Å². The molecule has 0 fully saturated rings. The fourth-order valence-electron chi connectivity index (χ4n) is 1.77. The molecule has 4 heteroatoms. The topological polar surface area (TPSA) is 39.9 Å². The molecule has 90 valence electrons. The number of rotatable bonds is 4. The summed E-state index contributed by atoms with van der Waals surface area (Å²) in [4.78, 5) is 1.67. The molecule has 0 unspecified atom stereocenters. The maximum Gasteiger partial charge on any atom is 0.119 e. The predicted octanol–water partition coefficient (Wildman–Crippen LogP) is 2.51. The minimum absolute atomic E-state index is 0.561. The second-order valence-electron chi connectivity index (χ2n) is 3.95. The molecule has 0 N–H and O–H groups in total. The molecule has 0 aliphatic heterocycles. The number of para-hydroxylation sites is 1. The van der Waals surface area contributed by atoms with Crippen LogP contribution in [0.2, 0.25) is 0 Å². The van der Waals surface area contributed by atoms with E-state index in [1.807, 2.05) is 54.6 Å². The Morgan fingerprint density at radius 2 is 1.44 bits per heavy atom. The SMILES string of the molecule is c1ccc(OCCn2nc3ccccc3n2)cc1. The average Bonchev–Trinajstić information content (AvgIpc) is 2.82. The number of benzene rings is 2. The highest BCUT2D eigenvalue weighted by Gasteiger charge is 2.01. The lowest BCUT2D eigenvalue weighted by molar-refractivity contribution is 0.282. The van der Waals surface area contributed by atoms with Crippen molar-refractivity contribution in [1.82, 2.24) is 15.0 Å². The highest BCUT2D eigenvalue weighted by Crippen LogP contribution is 2.09. The van der Waals surface area contributed by atoms with Crippen LogP contribution in [0.4, 0.5) is 0 Å². The zero-order valence-electron chi connectivity index (χ0n) is 9.86. The van der Waals surface area contributed by atoms with Crippen molar-refractivity contribution < 1.29 is 4.74 Å². The van der Waals surface area contributed by atoms with E-state index in [4.69, 9.17) is 4.74 Å². The Hall–Kier alpha value is -2.36. The second kappa shape index (κ2) is 4.87. The molecule has 2 aromatic carbocycles. The van der Waals surface area contributed by atoms with Crippen molar-refractivity contribution in [2.24, 2.45) is 0 Å². The van der Waals surface area contributed by atoms with Crippen LogP contribution in [0.3, 0.4) is 0 Å². The molecular weight excluding hydrogens is 226 g/mol. The monoisotopic (exact) mass is 239 g/mol. The lowest BCUT2D eigenvalue weighted by Gasteiger charge is -2.04. The summed E-state index contributed by atoms with van der Waals surface area (Å²) in [7, 11) is 0. The van der Waals surface area contributed by atoms with Gasteiger partial charge in [-0.1, -0.05) is 30.3 Å². The summed E-state index contributed by atoms with van der Waals surface area (Å²) >= 11 is 0. The summed E-state index contributed by atoms with van der Waals surface area (Å²) in [6.07, 6.45) is 0. The van der Waals surface area contributed by atoms with Crippen molar-refractivity contribution in [3.05, 3.63) is 54.6 Å². The summed E-state index contributed by atoms with van der Waals surface area (Å²) in [6.45, 7) is 1.20. The van der Waals surface area contributed by atoms with Crippen LogP contribution >= 0.6 is 0 Å². The first-order valence-corrected chi connectivity index (χ1v) is 5.89. The lowest BCUT2D eigenvalue weighted by Crippen LogP contribution is -2.10. The highest BCUT2D eigenvalue weighted by molar-refractivity contribution is 5.72. The molecule has 18 heavy (non-hydrogen) atoms. The molecule has 0 atom stereocenters. The van der Waals surface area contributed by atoms with E-state index in [9.17, 15) is 0 Å². The van der Waals surface area contributed by atoms with Crippen molar-refractivity contribution >= 4 is 11.0 Å². The van der Waals surface area contributed by atoms with Crippen LogP contribution in [0.5, 0.6) is 5.75 Å². The number of ether oxygens (including phenoxy) is 1. The molecule has 0 bridgehead atoms. The first-order chi connectivity index (χ1) is 8.92. The molecule has 1 heterocycles. The largest absolute Gasteiger partial charge is 0.492 e. The van der Waals surface area contributed by atoms with E-state index in [1.165, 1.54) is 0 Å². The normalized spacial score (nSPS) is 10.7. The number of hydrogen-bond donors (Lipinski definition) is 0. The van der Waals surface area contributed by atoms with Gasteiger partial charge in [-0.25, -0.2) is 0 Å². The van der Waals surface area contributed by atoms with Gasteiger partial charge in [0.2, 0.25) is 0 Å². The van der Waals surface area contributed by atoms with Gasteiger partial charge in [0, 0.05) is 0 Å². The van der Waals surface area contributed by atoms with Crippen molar-refractivity contribution in [1.29, 1.82) is 0 Å². The van der Waals surface area contributed by atoms with Crippen LogP contribution in [0, 0.1) is 0 Å². The molecule has 0 aliphatic carbocycles. The van der Waals surface area contributed by atoms with Crippen molar-refractivity contribution in [2.75, 3.05) is 6.61 Å². The van der Waals surface area contributed by atoms with Crippen LogP contribution in [-0.4, -0.2) is 21.6 Å². The number of hydrogen-bond acceptors (Lipinski definition) is 3. The number of fused-ring (bicyclic) bond motifs is 1. The zero-order chi connectivity index (χ0) is 12.2. The van der Waals surface area contributed by atoms with Crippen LogP contribution < -0.4 is 4.74 Å². The molecule has 4 nitrogen and oxygen atoms in total. The van der Waals surface area contributed by atoms with E-state index >= 15 is 0 Å². The Labute approximate surface area is 105 Å². The van der Waals surface area contributed by atoms with E-state index in [0.717, 1.165) is 16.8 Å². The maximum atomic E-state index is 5.61. The summed E-state index contributed by atoms with van der Waals surface area (Å²) in [5, 5.41) is 8.74. The molecule has 0 aliphatic rings. The quantitative estimate of drug-likeness (QED) is 0.702. The van der Waals surface area contributed by atoms with Crippen molar-refractivity contribution in [3.63, 3.8) is 0 Å². The van der Waals surface area contributed by atoms with Gasteiger partial charge in [0.25, 0.3) is 0 Å². The maximum absolute atomic E-state index is 5.61. The summed E-state index contributed by atoms with van der Waals surface area (Å²) in [5.74, 6) is 0.870. The third-order valence-corrected chi connectivity index (χ3v) is 2.63. The first kappa shape index (κ1) is 10.8. The van der Waals surface area contributed by atoms with Gasteiger partial charge in [-0.15, -0.1) is 0 Å². The standard InChI is InChI=1S/C14H13N3O/c1-2-6-12(7-3-1)18-11-10-17-15-13-8-4-5-9-14(13)16-17/h1-9H,10-11H2. The first-order valence-electron chi connectivity index (χ1n) is 5.89. The zero-order valence-corrected chi connectivity index (χ0v) is 9.86. The Morgan fingerprint density at radius 1 is 0.833 bits per heavy atom. The molecule has 0 amide bonds. The Balaban J connectivity index is 1.63. The van der Waals surface area contributed by atoms with Gasteiger partial charge in [-0.05, 0) is 24.3 Å². The molecule has 0 saturated heterocycles. The van der Waals surface area contributed by atoms with Gasteiger partial charge in [-0.3, -0.25) is 0 Å². The Morgan fingerprint density at radius 3 is 2.11 bits per heavy atom. The summed E-state index contributed by atoms with van der Waals surface area (Å²) in [6, 6.07) is 17.6. The van der Waals surface area contributed by atoms with Crippen molar-refractivity contribution in [2.45, 2.75) is 6.54 Å². The average molecular weight is 239 g/mol. The molecule has 3 rings (SSSR count). The molecule has 0 radical (unpaired) electrons. The van der Waals surface area contributed by atoms with E-state index in [0.29, 0.717) is 13.2 Å². The molecule has 0 spiro atoms. The lowest BCUT2D eigenvalue weighted by atomic mass is 10.3. The van der Waals surface area contributed by atoms with Crippen LogP contribution in [-0.2, 0) is 6.54 Å². The minimum Gasteiger partial charge on any atom is -0.492 e. The summed E-state index contributed by atoms with van der Waals surface area (Å²) < 4.78 is 5.61. The van der Waals surface area contributed by atoms with Gasteiger partial charge in [-0.2, -0.15) is 15.0 Å². The van der Waals surface area contributed by atoms with Gasteiger partial charge in [0.15, 0.2) is 0 Å². The van der Waals surface area contributed by atoms with Gasteiger partial charge in [0.1, 0.15) is 23.4 Å². The molecule has 3 aromatic rings. The van der Waals surface area contributed by atoms with E-state index in [1.54, 1.807) is 4.80 Å². The smallest absolute Gasteiger partial charge is 0.119 e. The number of aromatic nitrogens is 3. The molecule has 1 aromatic heterocycles. The van der Waals surface area contributed by atoms with Crippen molar-refractivity contribution in [3.8, 4) is 5.75 Å². The third kappa shape index (κ3) is 2.32. The molecular formula is C14H13N3O. The van der Waals surface area contributed by atoms with Gasteiger partial charge in [0.05, 0.1) is 6.54 Å². The fraction of sp³-hybridized carbons (Fsp3) is 0.143. The second-order valence-corrected chi connectivity index (χ2v) is 3.95. The van der Waals surface area contributed by atoms with E-state index in [-0.39, 0.29) is 0 Å². The van der Waals surface area contributed by atoms with E-state index < -0.39 is 0 Å². The Bertz CT molecular complexity index is 601. The third-order valence-electron chi connectivity index (χ3n) is 2.63. The van der Waals surface area contributed by atoms with E-state index in [2.05, 4.69) is 10.2 Å². The highest BCUT2D eigenvalue weighted by atomic mass is 16.5. The predicted molar refractivity (Wildman–Crippen MR) is 69.5 cm³/mol. The minimum atomic E-state index is 0.561. The van der Waals surface area contributed by atoms with Gasteiger partial charge < -0.3 is 4.74 Å². The molecule has 0 saturated carbocycles. The Kier molecular flexibility index (Phi) is 2.92. The van der Waals surface area contributed by atoms with Crippen LogP contribution in [0.25, 0.3) is 11.0 Å². The number of nitrogens with zero attached hydrogens (tertiary/aromatic N) is 3. The fourth-order valence-corrected chi connectivity index (χ4v) is 1.77. The van der Waals surface area contributed by atoms with Crippen LogP contribution in [0.15, 0.2) is 54.6 Å². The van der Waals surface area contributed by atoms with Crippen LogP contribution in [0.1, 0.15) is 0 Å². The summed E-state index contributed by atoms with van der Waals surface area (Å²) in [5.41, 5.74) is 1.83.